The zero-order valence-corrected chi connectivity index (χ0v) is 21.2. The molecule has 0 spiro atoms. The number of likely N-dealkylation sites (tertiary alicyclic amines) is 1. The summed E-state index contributed by atoms with van der Waals surface area (Å²) in [6, 6.07) is 8.06. The number of halogens is 4. The SMILES string of the molecule is CN1CC/C(=N\c2cccc3c2cc(-c2nc(CNC(=O)c4ccsc4)no2)n3CC(F)(F)F)C[C@@H](F)C1. The first kappa shape index (κ1) is 26.0. The third kappa shape index (κ3) is 5.94. The van der Waals surface area contributed by atoms with Crippen molar-refractivity contribution in [3.8, 4) is 11.6 Å². The fraction of sp³-hybridized carbons (Fsp3) is 0.360. The van der Waals surface area contributed by atoms with Gasteiger partial charge in [-0.25, -0.2) is 4.39 Å². The lowest BCUT2D eigenvalue weighted by molar-refractivity contribution is -0.139. The number of fused-ring (bicyclic) bond motifs is 1. The maximum atomic E-state index is 14.3. The van der Waals surface area contributed by atoms with Crippen LogP contribution in [0.4, 0.5) is 23.2 Å². The Labute approximate surface area is 219 Å². The summed E-state index contributed by atoms with van der Waals surface area (Å²) in [5.74, 6) is -0.332. The van der Waals surface area contributed by atoms with Gasteiger partial charge in [0, 0.05) is 41.6 Å². The van der Waals surface area contributed by atoms with E-state index in [1.165, 1.54) is 17.4 Å². The first-order valence-corrected chi connectivity index (χ1v) is 12.8. The van der Waals surface area contributed by atoms with Crippen molar-refractivity contribution in [1.29, 1.82) is 0 Å². The number of aliphatic imine (C=N–C) groups is 1. The minimum Gasteiger partial charge on any atom is -0.345 e. The van der Waals surface area contributed by atoms with Gasteiger partial charge >= 0.3 is 6.18 Å². The van der Waals surface area contributed by atoms with Gasteiger partial charge in [0.15, 0.2) is 5.82 Å². The van der Waals surface area contributed by atoms with Crippen LogP contribution in [-0.2, 0) is 13.1 Å². The smallest absolute Gasteiger partial charge is 0.345 e. The van der Waals surface area contributed by atoms with Crippen molar-refractivity contribution in [3.63, 3.8) is 0 Å². The third-order valence-corrected chi connectivity index (χ3v) is 6.85. The van der Waals surface area contributed by atoms with E-state index in [0.717, 1.165) is 4.57 Å². The van der Waals surface area contributed by atoms with Crippen LogP contribution in [0.25, 0.3) is 22.5 Å². The number of nitrogens with zero attached hydrogens (tertiary/aromatic N) is 5. The Balaban J connectivity index is 1.49. The lowest BCUT2D eigenvalue weighted by Crippen LogP contribution is -2.24. The van der Waals surface area contributed by atoms with E-state index in [0.29, 0.717) is 41.9 Å². The third-order valence-electron chi connectivity index (χ3n) is 6.17. The Morgan fingerprint density at radius 1 is 1.32 bits per heavy atom. The molecule has 1 saturated heterocycles. The molecule has 1 aliphatic rings. The number of alkyl halides is 4. The van der Waals surface area contributed by atoms with Crippen molar-refractivity contribution in [2.45, 2.75) is 38.3 Å². The monoisotopic (exact) mass is 548 g/mol. The van der Waals surface area contributed by atoms with Crippen LogP contribution in [-0.4, -0.2) is 63.7 Å². The number of benzene rings is 1. The Morgan fingerprint density at radius 3 is 2.92 bits per heavy atom. The van der Waals surface area contributed by atoms with E-state index in [4.69, 9.17) is 4.52 Å². The number of rotatable bonds is 6. The van der Waals surface area contributed by atoms with Gasteiger partial charge in [-0.15, -0.1) is 0 Å². The van der Waals surface area contributed by atoms with Crippen molar-refractivity contribution in [2.24, 2.45) is 4.99 Å². The van der Waals surface area contributed by atoms with E-state index in [9.17, 15) is 22.4 Å². The molecule has 0 aliphatic carbocycles. The lowest BCUT2D eigenvalue weighted by atomic mass is 10.1. The normalized spacial score (nSPS) is 18.2. The van der Waals surface area contributed by atoms with Crippen LogP contribution in [0, 0.1) is 0 Å². The molecule has 0 radical (unpaired) electrons. The van der Waals surface area contributed by atoms with Crippen LogP contribution in [0.2, 0.25) is 0 Å². The standard InChI is InChI=1S/C25H24F4N6O2S/c1-34-7-5-17(9-16(26)12-34)31-19-3-2-4-20-18(19)10-21(35(20)14-25(27,28)29)24-32-22(33-37-24)11-30-23(36)15-6-8-38-13-15/h2-4,6,8,10,13,16H,5,7,9,11-12,14H2,1H3,(H,30,36)/b31-17+/t16-/m1/s1. The molecule has 8 nitrogen and oxygen atoms in total. The molecular formula is C25H24F4N6O2S. The first-order valence-electron chi connectivity index (χ1n) is 11.9. The Morgan fingerprint density at radius 2 is 2.16 bits per heavy atom. The molecule has 1 N–H and O–H groups in total. The van der Waals surface area contributed by atoms with Gasteiger partial charge in [0.05, 0.1) is 17.7 Å². The zero-order chi connectivity index (χ0) is 26.9. The molecule has 0 bridgehead atoms. The van der Waals surface area contributed by atoms with Crippen LogP contribution in [0.3, 0.4) is 0 Å². The zero-order valence-electron chi connectivity index (χ0n) is 20.3. The van der Waals surface area contributed by atoms with E-state index in [1.54, 1.807) is 35.0 Å². The molecule has 1 aromatic carbocycles. The van der Waals surface area contributed by atoms with E-state index in [1.807, 2.05) is 11.9 Å². The number of hydrogen-bond donors (Lipinski definition) is 1. The summed E-state index contributed by atoms with van der Waals surface area (Å²) in [7, 11) is 1.84. The van der Waals surface area contributed by atoms with Crippen LogP contribution in [0.15, 0.2) is 50.6 Å². The molecule has 1 amide bonds. The second-order valence-electron chi connectivity index (χ2n) is 9.14. The highest BCUT2D eigenvalue weighted by atomic mass is 32.1. The van der Waals surface area contributed by atoms with E-state index >= 15 is 0 Å². The van der Waals surface area contributed by atoms with Crippen molar-refractivity contribution in [1.82, 2.24) is 24.9 Å². The van der Waals surface area contributed by atoms with Gasteiger partial charge < -0.3 is 19.3 Å². The fourth-order valence-corrected chi connectivity index (χ4v) is 5.06. The van der Waals surface area contributed by atoms with Crippen molar-refractivity contribution < 1.29 is 26.9 Å². The van der Waals surface area contributed by atoms with Gasteiger partial charge in [-0.05, 0) is 43.1 Å². The number of carbonyl (C=O) groups excluding carboxylic acids is 1. The summed E-state index contributed by atoms with van der Waals surface area (Å²) in [5, 5.41) is 10.4. The van der Waals surface area contributed by atoms with Crippen molar-refractivity contribution in [3.05, 3.63) is 52.5 Å². The average molecular weight is 549 g/mol. The number of amides is 1. The maximum absolute atomic E-state index is 14.3. The fourth-order valence-electron chi connectivity index (χ4n) is 4.42. The summed E-state index contributed by atoms with van der Waals surface area (Å²) in [5.41, 5.74) is 1.93. The molecular weight excluding hydrogens is 524 g/mol. The van der Waals surface area contributed by atoms with Crippen LogP contribution >= 0.6 is 11.3 Å². The predicted octanol–water partition coefficient (Wildman–Crippen LogP) is 5.38. The topological polar surface area (TPSA) is 88.6 Å². The Hall–Kier alpha value is -3.58. The molecule has 1 fully saturated rings. The average Bonchev–Trinajstić information content (AvgIpc) is 3.59. The molecule has 200 valence electrons. The summed E-state index contributed by atoms with van der Waals surface area (Å²) < 4.78 is 61.4. The predicted molar refractivity (Wildman–Crippen MR) is 135 cm³/mol. The number of carbonyl (C=O) groups is 1. The second kappa shape index (κ2) is 10.7. The molecule has 0 saturated carbocycles. The molecule has 38 heavy (non-hydrogen) atoms. The van der Waals surface area contributed by atoms with E-state index < -0.39 is 18.9 Å². The number of nitrogens with one attached hydrogen (secondary N) is 1. The van der Waals surface area contributed by atoms with Gasteiger partial charge in [-0.3, -0.25) is 9.79 Å². The molecule has 3 aromatic heterocycles. The van der Waals surface area contributed by atoms with Crippen LogP contribution < -0.4 is 5.32 Å². The molecule has 4 aromatic rings. The molecule has 1 atom stereocenters. The van der Waals surface area contributed by atoms with Crippen molar-refractivity contribution >= 4 is 39.5 Å². The quantitative estimate of drug-likeness (QED) is 0.327. The van der Waals surface area contributed by atoms with Gasteiger partial charge in [-0.1, -0.05) is 11.2 Å². The summed E-state index contributed by atoms with van der Waals surface area (Å²) in [4.78, 5) is 23.0. The molecule has 13 heteroatoms. The summed E-state index contributed by atoms with van der Waals surface area (Å²) in [6.07, 6.45) is -4.86. The van der Waals surface area contributed by atoms with Crippen LogP contribution in [0.1, 0.15) is 29.0 Å². The number of aromatic nitrogens is 3. The minimum atomic E-state index is -4.52. The number of hydrogen-bond acceptors (Lipinski definition) is 7. The highest BCUT2D eigenvalue weighted by Crippen LogP contribution is 2.36. The van der Waals surface area contributed by atoms with Gasteiger partial charge in [-0.2, -0.15) is 29.5 Å². The molecule has 0 unspecified atom stereocenters. The lowest BCUT2D eigenvalue weighted by Gasteiger charge is -2.12. The second-order valence-corrected chi connectivity index (χ2v) is 9.92. The highest BCUT2D eigenvalue weighted by Gasteiger charge is 2.31. The van der Waals surface area contributed by atoms with E-state index in [-0.39, 0.29) is 41.8 Å². The van der Waals surface area contributed by atoms with Crippen LogP contribution in [0.5, 0.6) is 0 Å². The van der Waals surface area contributed by atoms with Gasteiger partial charge in [0.25, 0.3) is 11.8 Å². The number of thiophene rings is 1. The highest BCUT2D eigenvalue weighted by molar-refractivity contribution is 7.08. The van der Waals surface area contributed by atoms with Gasteiger partial charge in [0.2, 0.25) is 0 Å². The molecule has 1 aliphatic heterocycles. The van der Waals surface area contributed by atoms with Crippen molar-refractivity contribution in [2.75, 3.05) is 20.1 Å². The first-order chi connectivity index (χ1) is 18.2. The molecule has 4 heterocycles. The molecule has 5 rings (SSSR count). The van der Waals surface area contributed by atoms with Gasteiger partial charge in [0.1, 0.15) is 18.4 Å². The maximum Gasteiger partial charge on any atom is 0.406 e. The summed E-state index contributed by atoms with van der Waals surface area (Å²) >= 11 is 1.38. The minimum absolute atomic E-state index is 0.0601. The Bertz CT molecular complexity index is 1460. The Kier molecular flexibility index (Phi) is 7.30. The summed E-state index contributed by atoms with van der Waals surface area (Å²) in [6.45, 7) is -0.392. The largest absolute Gasteiger partial charge is 0.406 e. The van der Waals surface area contributed by atoms with E-state index in [2.05, 4.69) is 20.4 Å².